The molecule has 2 heterocycles. The van der Waals surface area contributed by atoms with Gasteiger partial charge >= 0.3 is 0 Å². The van der Waals surface area contributed by atoms with E-state index < -0.39 is 0 Å². The van der Waals surface area contributed by atoms with Crippen molar-refractivity contribution in [3.05, 3.63) is 24.3 Å². The van der Waals surface area contributed by atoms with Crippen LogP contribution in [-0.4, -0.2) is 47.5 Å². The molecule has 0 amide bonds. The van der Waals surface area contributed by atoms with Gasteiger partial charge in [-0.2, -0.15) is 4.98 Å². The SMILES string of the molecule is Nc1nc(N2CCOCC2CO)c2ccccc2n1. The van der Waals surface area contributed by atoms with E-state index in [-0.39, 0.29) is 18.6 Å². The highest BCUT2D eigenvalue weighted by molar-refractivity contribution is 5.90. The molecule has 3 rings (SSSR count). The van der Waals surface area contributed by atoms with Crippen molar-refractivity contribution < 1.29 is 9.84 Å². The van der Waals surface area contributed by atoms with E-state index in [9.17, 15) is 5.11 Å². The molecule has 1 unspecified atom stereocenters. The Labute approximate surface area is 110 Å². The molecule has 1 saturated heterocycles. The molecule has 1 aromatic carbocycles. The second kappa shape index (κ2) is 4.99. The molecule has 100 valence electrons. The molecular weight excluding hydrogens is 244 g/mol. The highest BCUT2D eigenvalue weighted by Gasteiger charge is 2.25. The van der Waals surface area contributed by atoms with E-state index in [2.05, 4.69) is 9.97 Å². The molecule has 6 heteroatoms. The van der Waals surface area contributed by atoms with Crippen molar-refractivity contribution >= 4 is 22.7 Å². The predicted molar refractivity (Wildman–Crippen MR) is 73.0 cm³/mol. The quantitative estimate of drug-likeness (QED) is 0.813. The molecule has 0 spiro atoms. The highest BCUT2D eigenvalue weighted by atomic mass is 16.5. The Bertz CT molecular complexity index is 590. The topological polar surface area (TPSA) is 84.5 Å². The first-order valence-corrected chi connectivity index (χ1v) is 6.27. The summed E-state index contributed by atoms with van der Waals surface area (Å²) in [4.78, 5) is 10.6. The standard InChI is InChI=1S/C13H16N4O2/c14-13-15-11-4-2-1-3-10(11)12(16-13)17-5-6-19-8-9(17)7-18/h1-4,9,18H,5-8H2,(H2,14,15,16). The largest absolute Gasteiger partial charge is 0.394 e. The fourth-order valence-corrected chi connectivity index (χ4v) is 2.38. The molecule has 19 heavy (non-hydrogen) atoms. The predicted octanol–water partition coefficient (Wildman–Crippen LogP) is 0.409. The first-order valence-electron chi connectivity index (χ1n) is 6.27. The molecule has 0 saturated carbocycles. The molecule has 6 nitrogen and oxygen atoms in total. The molecule has 1 aromatic heterocycles. The number of para-hydroxylation sites is 1. The molecule has 3 N–H and O–H groups in total. The number of ether oxygens (including phenoxy) is 1. The summed E-state index contributed by atoms with van der Waals surface area (Å²) in [7, 11) is 0. The van der Waals surface area contributed by atoms with Gasteiger partial charge in [0.1, 0.15) is 5.82 Å². The average Bonchev–Trinajstić information content (AvgIpc) is 2.46. The number of hydrogen-bond acceptors (Lipinski definition) is 6. The molecule has 1 fully saturated rings. The molecule has 0 bridgehead atoms. The summed E-state index contributed by atoms with van der Waals surface area (Å²) in [5.74, 6) is 1.02. The van der Waals surface area contributed by atoms with Crippen molar-refractivity contribution in [1.29, 1.82) is 0 Å². The Morgan fingerprint density at radius 2 is 2.21 bits per heavy atom. The monoisotopic (exact) mass is 260 g/mol. The number of aromatic nitrogens is 2. The maximum atomic E-state index is 9.47. The van der Waals surface area contributed by atoms with Crippen LogP contribution in [0.3, 0.4) is 0 Å². The zero-order valence-electron chi connectivity index (χ0n) is 10.5. The normalized spacial score (nSPS) is 19.8. The third-order valence-corrected chi connectivity index (χ3v) is 3.31. The van der Waals surface area contributed by atoms with Crippen molar-refractivity contribution in [3.63, 3.8) is 0 Å². The first-order chi connectivity index (χ1) is 9.29. The summed E-state index contributed by atoms with van der Waals surface area (Å²) in [6, 6.07) is 7.65. The van der Waals surface area contributed by atoms with Crippen molar-refractivity contribution in [3.8, 4) is 0 Å². The van der Waals surface area contributed by atoms with Gasteiger partial charge in [0.15, 0.2) is 0 Å². The molecule has 2 aromatic rings. The van der Waals surface area contributed by atoms with Gasteiger partial charge in [0.05, 0.1) is 31.4 Å². The molecule has 1 aliphatic heterocycles. The summed E-state index contributed by atoms with van der Waals surface area (Å²) in [5, 5.41) is 10.4. The van der Waals surface area contributed by atoms with Crippen molar-refractivity contribution in [2.45, 2.75) is 6.04 Å². The number of nitrogens with two attached hydrogens (primary N) is 1. The molecular formula is C13H16N4O2. The minimum Gasteiger partial charge on any atom is -0.394 e. The van der Waals surface area contributed by atoms with Crippen LogP contribution in [0.4, 0.5) is 11.8 Å². The van der Waals surface area contributed by atoms with E-state index in [0.717, 1.165) is 16.7 Å². The van der Waals surface area contributed by atoms with Crippen molar-refractivity contribution in [1.82, 2.24) is 9.97 Å². The van der Waals surface area contributed by atoms with Gasteiger partial charge in [-0.25, -0.2) is 4.98 Å². The Kier molecular flexibility index (Phi) is 3.18. The van der Waals surface area contributed by atoms with Gasteiger partial charge in [-0.1, -0.05) is 12.1 Å². The highest BCUT2D eigenvalue weighted by Crippen LogP contribution is 2.27. The van der Waals surface area contributed by atoms with Crippen LogP contribution in [0.15, 0.2) is 24.3 Å². The van der Waals surface area contributed by atoms with Gasteiger partial charge < -0.3 is 20.5 Å². The number of nitrogens with zero attached hydrogens (tertiary/aromatic N) is 3. The number of aliphatic hydroxyl groups excluding tert-OH is 1. The number of nitrogen functional groups attached to an aromatic ring is 1. The Hall–Kier alpha value is -1.92. The van der Waals surface area contributed by atoms with Crippen LogP contribution in [0, 0.1) is 0 Å². The van der Waals surface area contributed by atoms with E-state index in [1.54, 1.807) is 0 Å². The van der Waals surface area contributed by atoms with Gasteiger partial charge in [0, 0.05) is 11.9 Å². The molecule has 0 aliphatic carbocycles. The summed E-state index contributed by atoms with van der Waals surface area (Å²) in [6.45, 7) is 1.83. The first kappa shape index (κ1) is 12.1. The van der Waals surface area contributed by atoms with Gasteiger partial charge in [-0.15, -0.1) is 0 Å². The zero-order valence-corrected chi connectivity index (χ0v) is 10.5. The lowest BCUT2D eigenvalue weighted by atomic mass is 10.2. The number of rotatable bonds is 2. The molecule has 1 aliphatic rings. The molecule has 1 atom stereocenters. The number of anilines is 2. The Balaban J connectivity index is 2.12. The Morgan fingerprint density at radius 3 is 3.05 bits per heavy atom. The summed E-state index contributed by atoms with van der Waals surface area (Å²) in [6.07, 6.45) is 0. The maximum Gasteiger partial charge on any atom is 0.222 e. The second-order valence-corrected chi connectivity index (χ2v) is 4.53. The van der Waals surface area contributed by atoms with Crippen LogP contribution in [0.25, 0.3) is 10.9 Å². The van der Waals surface area contributed by atoms with Gasteiger partial charge in [0.2, 0.25) is 5.95 Å². The number of benzene rings is 1. The minimum absolute atomic E-state index is 0.0260. The maximum absolute atomic E-state index is 9.47. The number of morpholine rings is 1. The summed E-state index contributed by atoms with van der Waals surface area (Å²) < 4.78 is 5.39. The van der Waals surface area contributed by atoms with Crippen molar-refractivity contribution in [2.24, 2.45) is 0 Å². The van der Waals surface area contributed by atoms with Crippen LogP contribution in [0.2, 0.25) is 0 Å². The lowest BCUT2D eigenvalue weighted by Crippen LogP contribution is -2.48. The van der Waals surface area contributed by atoms with E-state index in [1.807, 2.05) is 29.2 Å². The number of fused-ring (bicyclic) bond motifs is 1. The van der Waals surface area contributed by atoms with Crippen LogP contribution in [0.5, 0.6) is 0 Å². The zero-order chi connectivity index (χ0) is 13.2. The smallest absolute Gasteiger partial charge is 0.222 e. The van der Waals surface area contributed by atoms with Gasteiger partial charge in [0.25, 0.3) is 0 Å². The fourth-order valence-electron chi connectivity index (χ4n) is 2.38. The molecule has 0 radical (unpaired) electrons. The number of hydrogen-bond donors (Lipinski definition) is 2. The second-order valence-electron chi connectivity index (χ2n) is 4.53. The van der Waals surface area contributed by atoms with Gasteiger partial charge in [-0.05, 0) is 12.1 Å². The van der Waals surface area contributed by atoms with E-state index in [4.69, 9.17) is 10.5 Å². The van der Waals surface area contributed by atoms with E-state index in [1.165, 1.54) is 0 Å². The fraction of sp³-hybridized carbons (Fsp3) is 0.385. The van der Waals surface area contributed by atoms with Crippen LogP contribution >= 0.6 is 0 Å². The van der Waals surface area contributed by atoms with Crippen molar-refractivity contribution in [2.75, 3.05) is 37.0 Å². The summed E-state index contributed by atoms with van der Waals surface area (Å²) >= 11 is 0. The van der Waals surface area contributed by atoms with E-state index in [0.29, 0.717) is 19.8 Å². The summed E-state index contributed by atoms with van der Waals surface area (Å²) in [5.41, 5.74) is 6.59. The van der Waals surface area contributed by atoms with Crippen LogP contribution < -0.4 is 10.6 Å². The minimum atomic E-state index is -0.0912. The van der Waals surface area contributed by atoms with Crippen LogP contribution in [0.1, 0.15) is 0 Å². The number of aliphatic hydroxyl groups is 1. The lowest BCUT2D eigenvalue weighted by Gasteiger charge is -2.35. The Morgan fingerprint density at radius 1 is 1.37 bits per heavy atom. The van der Waals surface area contributed by atoms with Crippen LogP contribution in [-0.2, 0) is 4.74 Å². The average molecular weight is 260 g/mol. The van der Waals surface area contributed by atoms with E-state index >= 15 is 0 Å². The third kappa shape index (κ3) is 2.20. The van der Waals surface area contributed by atoms with Gasteiger partial charge in [-0.3, -0.25) is 0 Å². The lowest BCUT2D eigenvalue weighted by molar-refractivity contribution is 0.0724. The third-order valence-electron chi connectivity index (χ3n) is 3.31.